The van der Waals surface area contributed by atoms with Crippen molar-refractivity contribution < 1.29 is 14.4 Å². The van der Waals surface area contributed by atoms with Gasteiger partial charge in [0.05, 0.1) is 4.87 Å². The summed E-state index contributed by atoms with van der Waals surface area (Å²) in [4.78, 5) is 37.7. The van der Waals surface area contributed by atoms with Gasteiger partial charge in [0, 0.05) is 17.7 Å². The summed E-state index contributed by atoms with van der Waals surface area (Å²) in [6, 6.07) is 6.53. The monoisotopic (exact) mass is 333 g/mol. The van der Waals surface area contributed by atoms with E-state index >= 15 is 0 Å². The highest BCUT2D eigenvalue weighted by atomic mass is 32.2. The Morgan fingerprint density at radius 1 is 1.26 bits per heavy atom. The van der Waals surface area contributed by atoms with Gasteiger partial charge in [0.15, 0.2) is 0 Å². The fourth-order valence-corrected chi connectivity index (χ4v) is 4.43. The molecule has 0 aromatic heterocycles. The molecule has 2 heterocycles. The van der Waals surface area contributed by atoms with E-state index in [9.17, 15) is 14.4 Å². The molecule has 2 aliphatic heterocycles. The zero-order valence-corrected chi connectivity index (χ0v) is 13.9. The first-order valence-electron chi connectivity index (χ1n) is 7.54. The van der Waals surface area contributed by atoms with E-state index in [0.717, 1.165) is 12.0 Å². The second-order valence-corrected chi connectivity index (χ2v) is 7.58. The SMILES string of the molecule is Cc1ccc(C(=O)NNC(=O)[C@@H]2CS[C@@]3(C)CCC(=O)N23)cc1. The van der Waals surface area contributed by atoms with Crippen molar-refractivity contribution in [3.8, 4) is 0 Å². The van der Waals surface area contributed by atoms with Crippen LogP contribution in [0.25, 0.3) is 0 Å². The first-order chi connectivity index (χ1) is 10.9. The predicted molar refractivity (Wildman–Crippen MR) is 87.5 cm³/mol. The van der Waals surface area contributed by atoms with Crippen LogP contribution in [0.5, 0.6) is 0 Å². The maximum Gasteiger partial charge on any atom is 0.269 e. The summed E-state index contributed by atoms with van der Waals surface area (Å²) in [5.74, 6) is -0.173. The number of aryl methyl sites for hydroxylation is 1. The predicted octanol–water partition coefficient (Wildman–Crippen LogP) is 1.21. The molecule has 1 aromatic carbocycles. The molecule has 0 radical (unpaired) electrons. The van der Waals surface area contributed by atoms with Crippen molar-refractivity contribution in [3.63, 3.8) is 0 Å². The number of benzene rings is 1. The third kappa shape index (κ3) is 2.93. The first-order valence-corrected chi connectivity index (χ1v) is 8.52. The molecule has 0 unspecified atom stereocenters. The van der Waals surface area contributed by atoms with Gasteiger partial charge in [0.25, 0.3) is 11.8 Å². The number of rotatable bonds is 2. The molecular formula is C16H19N3O3S. The Morgan fingerprint density at radius 3 is 2.65 bits per heavy atom. The standard InChI is InChI=1S/C16H19N3O3S/c1-10-3-5-11(6-4-10)14(21)17-18-15(22)12-9-23-16(2)8-7-13(20)19(12)16/h3-6,12H,7-9H2,1-2H3,(H,17,21)(H,18,22)/t12-,16-/m0/s1. The lowest BCUT2D eigenvalue weighted by atomic mass is 10.1. The Kier molecular flexibility index (Phi) is 4.06. The highest BCUT2D eigenvalue weighted by molar-refractivity contribution is 8.01. The van der Waals surface area contributed by atoms with Crippen LogP contribution in [0, 0.1) is 6.92 Å². The molecule has 0 aliphatic carbocycles. The highest BCUT2D eigenvalue weighted by Gasteiger charge is 2.52. The second-order valence-electron chi connectivity index (χ2n) is 6.07. The Bertz CT molecular complexity index is 661. The van der Waals surface area contributed by atoms with Gasteiger partial charge in [-0.05, 0) is 32.4 Å². The summed E-state index contributed by atoms with van der Waals surface area (Å²) >= 11 is 1.62. The fourth-order valence-electron chi connectivity index (χ4n) is 2.99. The quantitative estimate of drug-likeness (QED) is 0.798. The molecule has 7 heteroatoms. The normalized spacial score (nSPS) is 26.1. The lowest BCUT2D eigenvalue weighted by molar-refractivity contribution is -0.138. The lowest BCUT2D eigenvalue weighted by Gasteiger charge is -2.29. The molecule has 3 amide bonds. The van der Waals surface area contributed by atoms with E-state index in [0.29, 0.717) is 17.7 Å². The first kappa shape index (κ1) is 15.9. The average molecular weight is 333 g/mol. The van der Waals surface area contributed by atoms with Crippen LogP contribution in [0.4, 0.5) is 0 Å². The van der Waals surface area contributed by atoms with E-state index in [1.54, 1.807) is 28.8 Å². The number of nitrogens with one attached hydrogen (secondary N) is 2. The van der Waals surface area contributed by atoms with Gasteiger partial charge in [0.2, 0.25) is 5.91 Å². The van der Waals surface area contributed by atoms with Gasteiger partial charge in [-0.2, -0.15) is 0 Å². The molecule has 23 heavy (non-hydrogen) atoms. The van der Waals surface area contributed by atoms with E-state index in [1.165, 1.54) is 0 Å². The van der Waals surface area contributed by atoms with Gasteiger partial charge in [-0.15, -0.1) is 11.8 Å². The van der Waals surface area contributed by atoms with Crippen LogP contribution >= 0.6 is 11.8 Å². The Morgan fingerprint density at radius 2 is 1.96 bits per heavy atom. The zero-order chi connectivity index (χ0) is 16.6. The molecule has 3 rings (SSSR count). The molecule has 122 valence electrons. The molecule has 2 atom stereocenters. The van der Waals surface area contributed by atoms with Crippen molar-refractivity contribution in [2.75, 3.05) is 5.75 Å². The lowest BCUT2D eigenvalue weighted by Crippen LogP contribution is -2.54. The average Bonchev–Trinajstić information content (AvgIpc) is 3.02. The van der Waals surface area contributed by atoms with Crippen LogP contribution in [0.15, 0.2) is 24.3 Å². The number of thioether (sulfide) groups is 1. The third-order valence-electron chi connectivity index (χ3n) is 4.36. The molecular weight excluding hydrogens is 314 g/mol. The summed E-state index contributed by atoms with van der Waals surface area (Å²) in [6.45, 7) is 3.92. The van der Waals surface area contributed by atoms with Gasteiger partial charge in [-0.1, -0.05) is 17.7 Å². The highest BCUT2D eigenvalue weighted by Crippen LogP contribution is 2.47. The van der Waals surface area contributed by atoms with Crippen molar-refractivity contribution in [2.24, 2.45) is 0 Å². The molecule has 2 aliphatic rings. The maximum absolute atomic E-state index is 12.3. The van der Waals surface area contributed by atoms with Crippen LogP contribution < -0.4 is 10.9 Å². The Balaban J connectivity index is 1.60. The van der Waals surface area contributed by atoms with Crippen LogP contribution in [-0.4, -0.2) is 39.3 Å². The number of nitrogens with zero attached hydrogens (tertiary/aromatic N) is 1. The topological polar surface area (TPSA) is 78.5 Å². The van der Waals surface area contributed by atoms with Crippen LogP contribution in [0.1, 0.15) is 35.7 Å². The van der Waals surface area contributed by atoms with Crippen molar-refractivity contribution in [3.05, 3.63) is 35.4 Å². The smallest absolute Gasteiger partial charge is 0.269 e. The minimum absolute atomic E-state index is 0.00233. The van der Waals surface area contributed by atoms with E-state index in [4.69, 9.17) is 0 Å². The molecule has 6 nitrogen and oxygen atoms in total. The maximum atomic E-state index is 12.3. The summed E-state index contributed by atoms with van der Waals surface area (Å²) in [5.41, 5.74) is 6.39. The largest absolute Gasteiger partial charge is 0.315 e. The van der Waals surface area contributed by atoms with Crippen LogP contribution in [0.2, 0.25) is 0 Å². The minimum atomic E-state index is -0.529. The van der Waals surface area contributed by atoms with E-state index in [2.05, 4.69) is 10.9 Å². The number of hydrogen-bond acceptors (Lipinski definition) is 4. The van der Waals surface area contributed by atoms with Crippen molar-refractivity contribution in [2.45, 2.75) is 37.6 Å². The minimum Gasteiger partial charge on any atom is -0.315 e. The van der Waals surface area contributed by atoms with Gasteiger partial charge in [-0.25, -0.2) is 0 Å². The molecule has 2 saturated heterocycles. The van der Waals surface area contributed by atoms with Gasteiger partial charge >= 0.3 is 0 Å². The van der Waals surface area contributed by atoms with Gasteiger partial charge in [-0.3, -0.25) is 25.2 Å². The number of hydrazine groups is 1. The summed E-state index contributed by atoms with van der Waals surface area (Å²) < 4.78 is 0. The van der Waals surface area contributed by atoms with Gasteiger partial charge in [0.1, 0.15) is 6.04 Å². The van der Waals surface area contributed by atoms with Gasteiger partial charge < -0.3 is 4.90 Å². The summed E-state index contributed by atoms with van der Waals surface area (Å²) in [7, 11) is 0. The summed E-state index contributed by atoms with van der Waals surface area (Å²) in [5, 5.41) is 0. The molecule has 0 spiro atoms. The Labute approximate surface area is 139 Å². The van der Waals surface area contributed by atoms with E-state index in [1.807, 2.05) is 26.0 Å². The molecule has 0 bridgehead atoms. The van der Waals surface area contributed by atoms with E-state index in [-0.39, 0.29) is 22.6 Å². The second kappa shape index (κ2) is 5.88. The van der Waals surface area contributed by atoms with Crippen LogP contribution in [-0.2, 0) is 9.59 Å². The Hall–Kier alpha value is -2.02. The number of fused-ring (bicyclic) bond motifs is 1. The number of hydrogen-bond donors (Lipinski definition) is 2. The third-order valence-corrected chi connectivity index (χ3v) is 5.87. The molecule has 2 N–H and O–H groups in total. The number of carbonyl (C=O) groups is 3. The number of amides is 3. The number of carbonyl (C=O) groups excluding carboxylic acids is 3. The van der Waals surface area contributed by atoms with Crippen molar-refractivity contribution in [1.29, 1.82) is 0 Å². The fraction of sp³-hybridized carbons (Fsp3) is 0.438. The molecule has 0 saturated carbocycles. The molecule has 2 fully saturated rings. The summed E-state index contributed by atoms with van der Waals surface area (Å²) in [6.07, 6.45) is 1.24. The van der Waals surface area contributed by atoms with Crippen LogP contribution in [0.3, 0.4) is 0 Å². The van der Waals surface area contributed by atoms with E-state index < -0.39 is 6.04 Å². The van der Waals surface area contributed by atoms with Crippen molar-refractivity contribution >= 4 is 29.5 Å². The van der Waals surface area contributed by atoms with Crippen molar-refractivity contribution in [1.82, 2.24) is 15.8 Å². The molecule has 1 aromatic rings. The zero-order valence-electron chi connectivity index (χ0n) is 13.1.